The summed E-state index contributed by atoms with van der Waals surface area (Å²) in [5.74, 6) is 5.79. The van der Waals surface area contributed by atoms with Crippen LogP contribution in [-0.4, -0.2) is 19.5 Å². The van der Waals surface area contributed by atoms with E-state index in [2.05, 4.69) is 11.8 Å². The number of aryl methyl sites for hydroxylation is 1. The van der Waals surface area contributed by atoms with Gasteiger partial charge in [0, 0.05) is 23.9 Å². The van der Waals surface area contributed by atoms with Crippen LogP contribution in [-0.2, 0) is 0 Å². The van der Waals surface area contributed by atoms with Gasteiger partial charge in [0.15, 0.2) is 0 Å². The molecule has 3 nitrogen and oxygen atoms in total. The number of para-hydroxylation sites is 1. The average Bonchev–Trinajstić information content (AvgIpc) is 2.53. The molecule has 0 aliphatic heterocycles. The molecule has 0 saturated heterocycles. The summed E-state index contributed by atoms with van der Waals surface area (Å²) in [6.07, 6.45) is 0. The summed E-state index contributed by atoms with van der Waals surface area (Å²) < 4.78 is 0. The first-order chi connectivity index (χ1) is 10.1. The Morgan fingerprint density at radius 2 is 1.90 bits per heavy atom. The van der Waals surface area contributed by atoms with E-state index in [4.69, 9.17) is 5.73 Å². The molecule has 0 spiro atoms. The van der Waals surface area contributed by atoms with Crippen molar-refractivity contribution in [3.8, 4) is 11.8 Å². The Morgan fingerprint density at radius 3 is 2.52 bits per heavy atom. The lowest BCUT2D eigenvalue weighted by Gasteiger charge is -2.17. The van der Waals surface area contributed by atoms with E-state index >= 15 is 0 Å². The Kier molecular flexibility index (Phi) is 4.76. The summed E-state index contributed by atoms with van der Waals surface area (Å²) >= 11 is 0. The highest BCUT2D eigenvalue weighted by molar-refractivity contribution is 6.05. The van der Waals surface area contributed by atoms with Gasteiger partial charge in [-0.3, -0.25) is 4.79 Å². The Hall–Kier alpha value is -2.57. The van der Waals surface area contributed by atoms with Crippen molar-refractivity contribution in [2.75, 3.05) is 18.5 Å². The van der Waals surface area contributed by atoms with Crippen molar-refractivity contribution in [1.29, 1.82) is 0 Å². The predicted octanol–water partition coefficient (Wildman–Crippen LogP) is 2.58. The fraction of sp³-hybridized carbons (Fsp3) is 0.167. The fourth-order valence-electron chi connectivity index (χ4n) is 2.05. The molecule has 0 aromatic heterocycles. The Balaban J connectivity index is 2.26. The second-order valence-corrected chi connectivity index (χ2v) is 4.74. The SMILES string of the molecule is Cc1cc(C(=O)N(C)c2ccccc2)ccc1C#CCN. The fourth-order valence-corrected chi connectivity index (χ4v) is 2.05. The Morgan fingerprint density at radius 1 is 1.19 bits per heavy atom. The molecule has 0 radical (unpaired) electrons. The molecular weight excluding hydrogens is 260 g/mol. The molecule has 2 aromatic rings. The Labute approximate surface area is 125 Å². The van der Waals surface area contributed by atoms with Crippen LogP contribution >= 0.6 is 0 Å². The zero-order valence-corrected chi connectivity index (χ0v) is 12.3. The van der Waals surface area contributed by atoms with E-state index in [1.165, 1.54) is 0 Å². The highest BCUT2D eigenvalue weighted by Crippen LogP contribution is 2.17. The molecule has 0 heterocycles. The number of rotatable bonds is 2. The first kappa shape index (κ1) is 14.8. The molecule has 0 unspecified atom stereocenters. The minimum atomic E-state index is -0.0392. The van der Waals surface area contributed by atoms with Crippen molar-refractivity contribution in [3.63, 3.8) is 0 Å². The zero-order valence-electron chi connectivity index (χ0n) is 12.3. The van der Waals surface area contributed by atoms with Gasteiger partial charge < -0.3 is 10.6 Å². The number of carbonyl (C=O) groups excluding carboxylic acids is 1. The topological polar surface area (TPSA) is 46.3 Å². The molecule has 2 rings (SSSR count). The molecule has 3 heteroatoms. The lowest BCUT2D eigenvalue weighted by atomic mass is 10.0. The molecule has 0 atom stereocenters. The summed E-state index contributed by atoms with van der Waals surface area (Å²) in [4.78, 5) is 14.1. The molecule has 1 amide bonds. The van der Waals surface area contributed by atoms with Gasteiger partial charge in [-0.15, -0.1) is 0 Å². The third-order valence-corrected chi connectivity index (χ3v) is 3.25. The molecule has 0 aliphatic rings. The second kappa shape index (κ2) is 6.74. The van der Waals surface area contributed by atoms with Crippen molar-refractivity contribution >= 4 is 11.6 Å². The van der Waals surface area contributed by atoms with Gasteiger partial charge in [0.1, 0.15) is 0 Å². The van der Waals surface area contributed by atoms with Gasteiger partial charge in [-0.25, -0.2) is 0 Å². The van der Waals surface area contributed by atoms with Crippen LogP contribution in [0.1, 0.15) is 21.5 Å². The summed E-state index contributed by atoms with van der Waals surface area (Å²) in [5.41, 5.74) is 8.77. The lowest BCUT2D eigenvalue weighted by Crippen LogP contribution is -2.26. The summed E-state index contributed by atoms with van der Waals surface area (Å²) in [6.45, 7) is 2.27. The van der Waals surface area contributed by atoms with E-state index in [0.29, 0.717) is 12.1 Å². The molecule has 21 heavy (non-hydrogen) atoms. The van der Waals surface area contributed by atoms with Crippen LogP contribution in [0.5, 0.6) is 0 Å². The van der Waals surface area contributed by atoms with E-state index in [-0.39, 0.29) is 5.91 Å². The normalized spacial score (nSPS) is 9.67. The highest BCUT2D eigenvalue weighted by atomic mass is 16.2. The predicted molar refractivity (Wildman–Crippen MR) is 86.3 cm³/mol. The quantitative estimate of drug-likeness (QED) is 0.858. The smallest absolute Gasteiger partial charge is 0.258 e. The van der Waals surface area contributed by atoms with Crippen molar-refractivity contribution in [1.82, 2.24) is 0 Å². The molecule has 0 fully saturated rings. The third kappa shape index (κ3) is 3.50. The van der Waals surface area contributed by atoms with Crippen molar-refractivity contribution in [2.24, 2.45) is 5.73 Å². The van der Waals surface area contributed by atoms with E-state index < -0.39 is 0 Å². The van der Waals surface area contributed by atoms with Gasteiger partial charge >= 0.3 is 0 Å². The molecule has 2 aromatic carbocycles. The van der Waals surface area contributed by atoms with Gasteiger partial charge in [0.05, 0.1) is 6.54 Å². The lowest BCUT2D eigenvalue weighted by molar-refractivity contribution is 0.0993. The largest absolute Gasteiger partial charge is 0.320 e. The molecule has 0 aliphatic carbocycles. The van der Waals surface area contributed by atoms with Gasteiger partial charge in [-0.1, -0.05) is 30.0 Å². The number of hydrogen-bond acceptors (Lipinski definition) is 2. The highest BCUT2D eigenvalue weighted by Gasteiger charge is 2.13. The first-order valence-electron chi connectivity index (χ1n) is 6.76. The molecule has 0 saturated carbocycles. The van der Waals surface area contributed by atoms with Gasteiger partial charge in [-0.05, 0) is 42.8 Å². The van der Waals surface area contributed by atoms with Crippen LogP contribution in [0.15, 0.2) is 48.5 Å². The Bertz CT molecular complexity index is 696. The number of nitrogens with zero attached hydrogens (tertiary/aromatic N) is 1. The second-order valence-electron chi connectivity index (χ2n) is 4.74. The summed E-state index contributed by atoms with van der Waals surface area (Å²) in [5, 5.41) is 0. The van der Waals surface area contributed by atoms with Crippen LogP contribution in [0.4, 0.5) is 5.69 Å². The van der Waals surface area contributed by atoms with E-state index in [9.17, 15) is 4.79 Å². The summed E-state index contributed by atoms with van der Waals surface area (Å²) in [6, 6.07) is 15.1. The van der Waals surface area contributed by atoms with E-state index in [1.54, 1.807) is 18.0 Å². The molecule has 2 N–H and O–H groups in total. The van der Waals surface area contributed by atoms with Crippen LogP contribution in [0.25, 0.3) is 0 Å². The average molecular weight is 278 g/mol. The van der Waals surface area contributed by atoms with Crippen molar-refractivity contribution in [2.45, 2.75) is 6.92 Å². The number of benzene rings is 2. The molecule has 106 valence electrons. The van der Waals surface area contributed by atoms with Crippen LogP contribution in [0.2, 0.25) is 0 Å². The number of anilines is 1. The van der Waals surface area contributed by atoms with Crippen LogP contribution in [0, 0.1) is 18.8 Å². The number of carbonyl (C=O) groups is 1. The minimum absolute atomic E-state index is 0.0392. The maximum Gasteiger partial charge on any atom is 0.258 e. The third-order valence-electron chi connectivity index (χ3n) is 3.25. The maximum absolute atomic E-state index is 12.5. The van der Waals surface area contributed by atoms with E-state index in [1.807, 2.05) is 49.4 Å². The molecule has 0 bridgehead atoms. The van der Waals surface area contributed by atoms with Crippen molar-refractivity contribution in [3.05, 3.63) is 65.2 Å². The van der Waals surface area contributed by atoms with Gasteiger partial charge in [-0.2, -0.15) is 0 Å². The maximum atomic E-state index is 12.5. The minimum Gasteiger partial charge on any atom is -0.320 e. The number of amides is 1. The monoisotopic (exact) mass is 278 g/mol. The van der Waals surface area contributed by atoms with Gasteiger partial charge in [0.25, 0.3) is 5.91 Å². The summed E-state index contributed by atoms with van der Waals surface area (Å²) in [7, 11) is 1.77. The number of nitrogens with two attached hydrogens (primary N) is 1. The van der Waals surface area contributed by atoms with Gasteiger partial charge in [0.2, 0.25) is 0 Å². The first-order valence-corrected chi connectivity index (χ1v) is 6.76. The van der Waals surface area contributed by atoms with Crippen LogP contribution in [0.3, 0.4) is 0 Å². The molecular formula is C18H18N2O. The van der Waals surface area contributed by atoms with Crippen molar-refractivity contribution < 1.29 is 4.79 Å². The van der Waals surface area contributed by atoms with E-state index in [0.717, 1.165) is 16.8 Å². The number of hydrogen-bond donors (Lipinski definition) is 1. The van der Waals surface area contributed by atoms with Crippen LogP contribution < -0.4 is 10.6 Å². The zero-order chi connectivity index (χ0) is 15.2. The standard InChI is InChI=1S/C18H18N2O/c1-14-13-16(11-10-15(14)7-6-12-19)18(21)20(2)17-8-4-3-5-9-17/h3-5,8-11,13H,12,19H2,1-2H3.